The van der Waals surface area contributed by atoms with Crippen molar-refractivity contribution in [2.45, 2.75) is 33.4 Å². The first-order chi connectivity index (χ1) is 9.47. The van der Waals surface area contributed by atoms with Crippen molar-refractivity contribution in [3.63, 3.8) is 0 Å². The molecule has 20 heavy (non-hydrogen) atoms. The Morgan fingerprint density at radius 1 is 1.20 bits per heavy atom. The van der Waals surface area contributed by atoms with Crippen molar-refractivity contribution in [1.29, 1.82) is 0 Å². The third kappa shape index (κ3) is 3.20. The lowest BCUT2D eigenvalue weighted by Crippen LogP contribution is -2.36. The van der Waals surface area contributed by atoms with Gasteiger partial charge in [0.2, 0.25) is 0 Å². The minimum absolute atomic E-state index is 0.0884. The van der Waals surface area contributed by atoms with Crippen LogP contribution >= 0.6 is 0 Å². The summed E-state index contributed by atoms with van der Waals surface area (Å²) in [6.07, 6.45) is 0. The Kier molecular flexibility index (Phi) is 4.13. The quantitative estimate of drug-likeness (QED) is 0.869. The molecule has 4 nitrogen and oxygen atoms in total. The number of nitrogens with two attached hydrogens (primary N) is 1. The van der Waals surface area contributed by atoms with Gasteiger partial charge in [-0.25, -0.2) is 0 Å². The molecule has 0 spiro atoms. The largest absolute Gasteiger partial charge is 0.456 e. The third-order valence-electron chi connectivity index (χ3n) is 3.17. The highest BCUT2D eigenvalue weighted by Gasteiger charge is 2.21. The highest BCUT2D eigenvalue weighted by Crippen LogP contribution is 2.16. The van der Waals surface area contributed by atoms with Gasteiger partial charge in [-0.05, 0) is 50.6 Å². The first-order valence-corrected chi connectivity index (χ1v) is 6.69. The molecule has 0 saturated heterocycles. The van der Waals surface area contributed by atoms with Gasteiger partial charge in [0.15, 0.2) is 5.76 Å². The number of aryl methyl sites for hydroxylation is 1. The smallest absolute Gasteiger partial charge is 0.290 e. The van der Waals surface area contributed by atoms with Crippen LogP contribution in [0.1, 0.15) is 35.7 Å². The maximum atomic E-state index is 12.5. The summed E-state index contributed by atoms with van der Waals surface area (Å²) in [5.74, 6) is 1.03. The Morgan fingerprint density at radius 2 is 1.85 bits per heavy atom. The van der Waals surface area contributed by atoms with E-state index in [1.165, 1.54) is 0 Å². The number of nitrogen functional groups attached to an aromatic ring is 1. The average Bonchev–Trinajstić information content (AvgIpc) is 2.83. The fourth-order valence-electron chi connectivity index (χ4n) is 2.00. The van der Waals surface area contributed by atoms with Crippen LogP contribution in [0.15, 0.2) is 40.8 Å². The van der Waals surface area contributed by atoms with Gasteiger partial charge in [0.05, 0.1) is 0 Å². The number of hydrogen-bond acceptors (Lipinski definition) is 3. The number of carbonyl (C=O) groups is 1. The SMILES string of the molecule is Cc1ccc(C(=O)N(Cc2ccc(N)cc2)C(C)C)o1. The Morgan fingerprint density at radius 3 is 2.35 bits per heavy atom. The molecule has 0 saturated carbocycles. The van der Waals surface area contributed by atoms with Gasteiger partial charge >= 0.3 is 0 Å². The summed E-state index contributed by atoms with van der Waals surface area (Å²) in [6.45, 7) is 6.35. The fraction of sp³-hybridized carbons (Fsp3) is 0.312. The number of carbonyl (C=O) groups excluding carboxylic acids is 1. The maximum absolute atomic E-state index is 12.5. The summed E-state index contributed by atoms with van der Waals surface area (Å²) in [5, 5.41) is 0. The van der Waals surface area contributed by atoms with Gasteiger partial charge < -0.3 is 15.1 Å². The Balaban J connectivity index is 2.19. The molecule has 1 amide bonds. The molecule has 0 fully saturated rings. The van der Waals surface area contributed by atoms with Crippen molar-refractivity contribution in [3.8, 4) is 0 Å². The first kappa shape index (κ1) is 14.2. The van der Waals surface area contributed by atoms with Crippen molar-refractivity contribution in [3.05, 3.63) is 53.5 Å². The summed E-state index contributed by atoms with van der Waals surface area (Å²) >= 11 is 0. The highest BCUT2D eigenvalue weighted by atomic mass is 16.3. The molecule has 4 heteroatoms. The number of rotatable bonds is 4. The van der Waals surface area contributed by atoms with Crippen LogP contribution in [-0.2, 0) is 6.54 Å². The van der Waals surface area contributed by atoms with Gasteiger partial charge in [-0.1, -0.05) is 12.1 Å². The average molecular weight is 272 g/mol. The number of hydrogen-bond donors (Lipinski definition) is 1. The summed E-state index contributed by atoms with van der Waals surface area (Å²) in [4.78, 5) is 14.3. The number of anilines is 1. The fourth-order valence-corrected chi connectivity index (χ4v) is 2.00. The number of nitrogens with zero attached hydrogens (tertiary/aromatic N) is 1. The van der Waals surface area contributed by atoms with E-state index in [1.54, 1.807) is 17.0 Å². The molecule has 0 radical (unpaired) electrons. The minimum Gasteiger partial charge on any atom is -0.456 e. The second-order valence-corrected chi connectivity index (χ2v) is 5.18. The zero-order valence-corrected chi connectivity index (χ0v) is 12.1. The zero-order chi connectivity index (χ0) is 14.7. The lowest BCUT2D eigenvalue weighted by molar-refractivity contribution is 0.0656. The maximum Gasteiger partial charge on any atom is 0.290 e. The van der Waals surface area contributed by atoms with Gasteiger partial charge in [0, 0.05) is 18.3 Å². The van der Waals surface area contributed by atoms with Crippen molar-refractivity contribution in [1.82, 2.24) is 4.90 Å². The molecule has 0 atom stereocenters. The molecule has 0 aliphatic carbocycles. The van der Waals surface area contributed by atoms with Crippen LogP contribution in [0.25, 0.3) is 0 Å². The molecule has 0 aliphatic heterocycles. The molecule has 1 heterocycles. The van der Waals surface area contributed by atoms with Crippen molar-refractivity contribution >= 4 is 11.6 Å². The molecular weight excluding hydrogens is 252 g/mol. The summed E-state index contributed by atoms with van der Waals surface area (Å²) in [5.41, 5.74) is 7.44. The van der Waals surface area contributed by atoms with E-state index in [9.17, 15) is 4.79 Å². The van der Waals surface area contributed by atoms with E-state index in [4.69, 9.17) is 10.2 Å². The summed E-state index contributed by atoms with van der Waals surface area (Å²) in [6, 6.07) is 11.2. The lowest BCUT2D eigenvalue weighted by Gasteiger charge is -2.26. The van der Waals surface area contributed by atoms with Gasteiger partial charge in [0.1, 0.15) is 5.76 Å². The van der Waals surface area contributed by atoms with Crippen molar-refractivity contribution in [2.75, 3.05) is 5.73 Å². The molecule has 0 aliphatic rings. The second-order valence-electron chi connectivity index (χ2n) is 5.18. The monoisotopic (exact) mass is 272 g/mol. The zero-order valence-electron chi connectivity index (χ0n) is 12.1. The van der Waals surface area contributed by atoms with Gasteiger partial charge in [-0.2, -0.15) is 0 Å². The molecule has 2 aromatic rings. The third-order valence-corrected chi connectivity index (χ3v) is 3.17. The number of benzene rings is 1. The van der Waals surface area contributed by atoms with E-state index in [0.717, 1.165) is 17.0 Å². The van der Waals surface area contributed by atoms with E-state index < -0.39 is 0 Å². The highest BCUT2D eigenvalue weighted by molar-refractivity contribution is 5.91. The summed E-state index contributed by atoms with van der Waals surface area (Å²) in [7, 11) is 0. The lowest BCUT2D eigenvalue weighted by atomic mass is 10.1. The number of furan rings is 1. The molecular formula is C16H20N2O2. The Hall–Kier alpha value is -2.23. The number of amides is 1. The van der Waals surface area contributed by atoms with Gasteiger partial charge in [-0.15, -0.1) is 0 Å². The second kappa shape index (κ2) is 5.82. The van der Waals surface area contributed by atoms with Crippen molar-refractivity contribution < 1.29 is 9.21 Å². The normalized spacial score (nSPS) is 10.8. The predicted octanol–water partition coefficient (Wildman–Crippen LogP) is 3.22. The molecule has 2 rings (SSSR count). The topological polar surface area (TPSA) is 59.5 Å². The van der Waals surface area contributed by atoms with E-state index in [2.05, 4.69) is 0 Å². The van der Waals surface area contributed by atoms with Crippen LogP contribution in [0.5, 0.6) is 0 Å². The van der Waals surface area contributed by atoms with Crippen LogP contribution in [0.4, 0.5) is 5.69 Å². The van der Waals surface area contributed by atoms with E-state index >= 15 is 0 Å². The molecule has 106 valence electrons. The van der Waals surface area contributed by atoms with E-state index in [1.807, 2.05) is 45.0 Å². The molecule has 0 unspecified atom stereocenters. The molecule has 2 N–H and O–H groups in total. The van der Waals surface area contributed by atoms with Crippen LogP contribution in [0, 0.1) is 6.92 Å². The minimum atomic E-state index is -0.0927. The molecule has 1 aromatic heterocycles. The van der Waals surface area contributed by atoms with Crippen LogP contribution in [-0.4, -0.2) is 16.8 Å². The Bertz CT molecular complexity index is 585. The van der Waals surface area contributed by atoms with E-state index in [0.29, 0.717) is 12.3 Å². The predicted molar refractivity (Wildman–Crippen MR) is 79.3 cm³/mol. The van der Waals surface area contributed by atoms with Crippen LogP contribution in [0.3, 0.4) is 0 Å². The summed E-state index contributed by atoms with van der Waals surface area (Å²) < 4.78 is 5.42. The van der Waals surface area contributed by atoms with Gasteiger partial charge in [0.25, 0.3) is 5.91 Å². The molecule has 0 bridgehead atoms. The first-order valence-electron chi connectivity index (χ1n) is 6.69. The molecule has 1 aromatic carbocycles. The van der Waals surface area contributed by atoms with Crippen LogP contribution in [0.2, 0.25) is 0 Å². The van der Waals surface area contributed by atoms with Crippen molar-refractivity contribution in [2.24, 2.45) is 0 Å². The van der Waals surface area contributed by atoms with Gasteiger partial charge in [-0.3, -0.25) is 4.79 Å². The van der Waals surface area contributed by atoms with Crippen LogP contribution < -0.4 is 5.73 Å². The van der Waals surface area contributed by atoms with E-state index in [-0.39, 0.29) is 11.9 Å². The standard InChI is InChI=1S/C16H20N2O2/c1-11(2)18(10-13-5-7-14(17)8-6-13)16(19)15-9-4-12(3)20-15/h4-9,11H,10,17H2,1-3H3. The Labute approximate surface area is 119 Å².